The van der Waals surface area contributed by atoms with Crippen LogP contribution in [0.4, 0.5) is 0 Å². The van der Waals surface area contributed by atoms with E-state index < -0.39 is 0 Å². The summed E-state index contributed by atoms with van der Waals surface area (Å²) >= 11 is 0. The van der Waals surface area contributed by atoms with Crippen molar-refractivity contribution in [3.63, 3.8) is 0 Å². The molecule has 1 aliphatic carbocycles. The van der Waals surface area contributed by atoms with Crippen molar-refractivity contribution in [3.05, 3.63) is 37.5 Å². The molecule has 0 bridgehead atoms. The Bertz CT molecular complexity index is 200. The largest absolute Gasteiger partial charge is 0.103 e. The summed E-state index contributed by atoms with van der Waals surface area (Å²) in [6, 6.07) is 0. The Morgan fingerprint density at radius 2 is 1.92 bits per heavy atom. The molecule has 0 nitrogen and oxygen atoms in total. The molecule has 3 unspecified atom stereocenters. The van der Waals surface area contributed by atoms with Gasteiger partial charge >= 0.3 is 0 Å². The van der Waals surface area contributed by atoms with Crippen LogP contribution < -0.4 is 0 Å². The topological polar surface area (TPSA) is 0 Å². The van der Waals surface area contributed by atoms with Crippen molar-refractivity contribution in [3.8, 4) is 0 Å². The molecular formula is C12H18. The van der Waals surface area contributed by atoms with Gasteiger partial charge in [-0.05, 0) is 30.6 Å². The zero-order valence-corrected chi connectivity index (χ0v) is 7.92. The van der Waals surface area contributed by atoms with Crippen LogP contribution in [0.5, 0.6) is 0 Å². The van der Waals surface area contributed by atoms with Crippen LogP contribution in [0.1, 0.15) is 19.8 Å². The Morgan fingerprint density at radius 3 is 2.42 bits per heavy atom. The van der Waals surface area contributed by atoms with Crippen LogP contribution in [0.25, 0.3) is 0 Å². The predicted molar refractivity (Wildman–Crippen MR) is 54.9 cm³/mol. The first-order chi connectivity index (χ1) is 5.69. The molecule has 1 fully saturated rings. The van der Waals surface area contributed by atoms with E-state index in [1.54, 1.807) is 0 Å². The van der Waals surface area contributed by atoms with E-state index in [1.807, 2.05) is 6.08 Å². The monoisotopic (exact) mass is 162 g/mol. The molecule has 66 valence electrons. The highest BCUT2D eigenvalue weighted by Crippen LogP contribution is 2.37. The summed E-state index contributed by atoms with van der Waals surface area (Å²) in [7, 11) is 0. The van der Waals surface area contributed by atoms with Gasteiger partial charge in [0.15, 0.2) is 0 Å². The van der Waals surface area contributed by atoms with Crippen molar-refractivity contribution in [1.29, 1.82) is 0 Å². The van der Waals surface area contributed by atoms with Crippen LogP contribution in [0, 0.1) is 17.8 Å². The average Bonchev–Trinajstić information content (AvgIpc) is 2.09. The molecule has 0 aromatic carbocycles. The van der Waals surface area contributed by atoms with E-state index in [4.69, 9.17) is 0 Å². The van der Waals surface area contributed by atoms with E-state index in [9.17, 15) is 0 Å². The molecule has 0 amide bonds. The second-order valence-electron chi connectivity index (χ2n) is 3.79. The Labute approximate surface area is 75.7 Å². The van der Waals surface area contributed by atoms with Crippen molar-refractivity contribution in [1.82, 2.24) is 0 Å². The van der Waals surface area contributed by atoms with Gasteiger partial charge in [-0.2, -0.15) is 0 Å². The second-order valence-corrected chi connectivity index (χ2v) is 3.79. The molecule has 1 rings (SSSR count). The Kier molecular flexibility index (Phi) is 2.91. The molecule has 0 N–H and O–H groups in total. The summed E-state index contributed by atoms with van der Waals surface area (Å²) in [6.07, 6.45) is 6.47. The smallest absolute Gasteiger partial charge is 0.00204 e. The first kappa shape index (κ1) is 9.31. The fourth-order valence-electron chi connectivity index (χ4n) is 1.98. The van der Waals surface area contributed by atoms with Crippen LogP contribution in [-0.4, -0.2) is 0 Å². The maximum atomic E-state index is 4.11. The normalized spacial score (nSPS) is 36.1. The van der Waals surface area contributed by atoms with Crippen LogP contribution >= 0.6 is 0 Å². The van der Waals surface area contributed by atoms with Gasteiger partial charge in [-0.25, -0.2) is 0 Å². The maximum Gasteiger partial charge on any atom is -0.00204 e. The van der Waals surface area contributed by atoms with E-state index in [2.05, 4.69) is 32.7 Å². The highest BCUT2D eigenvalue weighted by molar-refractivity contribution is 5.15. The fraction of sp³-hybridized carbons (Fsp3) is 0.500. The average molecular weight is 162 g/mol. The molecular weight excluding hydrogens is 144 g/mol. The molecule has 0 spiro atoms. The lowest BCUT2D eigenvalue weighted by atomic mass is 9.73. The summed E-state index contributed by atoms with van der Waals surface area (Å²) < 4.78 is 0. The number of rotatable bonds is 2. The SMILES string of the molecule is C=CC1CC(C)C(=C)C(C=C)C1. The third-order valence-electron chi connectivity index (χ3n) is 2.94. The van der Waals surface area contributed by atoms with Gasteiger partial charge < -0.3 is 0 Å². The summed E-state index contributed by atoms with van der Waals surface area (Å²) in [4.78, 5) is 0. The van der Waals surface area contributed by atoms with Crippen molar-refractivity contribution in [2.75, 3.05) is 0 Å². The minimum Gasteiger partial charge on any atom is -0.103 e. The predicted octanol–water partition coefficient (Wildman–Crippen LogP) is 3.58. The molecule has 0 aliphatic heterocycles. The third-order valence-corrected chi connectivity index (χ3v) is 2.94. The van der Waals surface area contributed by atoms with Gasteiger partial charge in [0.1, 0.15) is 0 Å². The minimum atomic E-state index is 0.511. The fourth-order valence-corrected chi connectivity index (χ4v) is 1.98. The van der Waals surface area contributed by atoms with E-state index >= 15 is 0 Å². The van der Waals surface area contributed by atoms with Gasteiger partial charge in [0.2, 0.25) is 0 Å². The van der Waals surface area contributed by atoms with E-state index in [0.717, 1.165) is 6.42 Å². The summed E-state index contributed by atoms with van der Waals surface area (Å²) in [5.41, 5.74) is 1.35. The van der Waals surface area contributed by atoms with Crippen LogP contribution in [0.2, 0.25) is 0 Å². The zero-order valence-electron chi connectivity index (χ0n) is 7.92. The molecule has 0 aromatic heterocycles. The van der Waals surface area contributed by atoms with E-state index in [-0.39, 0.29) is 0 Å². The summed E-state index contributed by atoms with van der Waals surface area (Å²) in [5, 5.41) is 0. The second kappa shape index (κ2) is 3.75. The van der Waals surface area contributed by atoms with E-state index in [1.165, 1.54) is 12.0 Å². The van der Waals surface area contributed by atoms with Gasteiger partial charge in [-0.1, -0.05) is 31.2 Å². The van der Waals surface area contributed by atoms with Crippen LogP contribution in [0.15, 0.2) is 37.5 Å². The molecule has 12 heavy (non-hydrogen) atoms. The first-order valence-corrected chi connectivity index (χ1v) is 4.62. The molecule has 3 atom stereocenters. The molecule has 0 radical (unpaired) electrons. The Balaban J connectivity index is 2.70. The molecule has 0 saturated heterocycles. The zero-order chi connectivity index (χ0) is 9.14. The quantitative estimate of drug-likeness (QED) is 0.544. The van der Waals surface area contributed by atoms with Gasteiger partial charge in [-0.3, -0.25) is 0 Å². The molecule has 1 aliphatic rings. The highest BCUT2D eigenvalue weighted by atomic mass is 14.3. The van der Waals surface area contributed by atoms with Crippen molar-refractivity contribution in [2.45, 2.75) is 19.8 Å². The number of hydrogen-bond donors (Lipinski definition) is 0. The molecule has 1 saturated carbocycles. The lowest BCUT2D eigenvalue weighted by molar-refractivity contribution is 0.359. The van der Waals surface area contributed by atoms with Gasteiger partial charge in [0.05, 0.1) is 0 Å². The molecule has 0 heterocycles. The first-order valence-electron chi connectivity index (χ1n) is 4.62. The van der Waals surface area contributed by atoms with Crippen molar-refractivity contribution >= 4 is 0 Å². The Morgan fingerprint density at radius 1 is 1.25 bits per heavy atom. The van der Waals surface area contributed by atoms with Crippen molar-refractivity contribution in [2.24, 2.45) is 17.8 Å². The van der Waals surface area contributed by atoms with Gasteiger partial charge in [0, 0.05) is 0 Å². The lowest BCUT2D eigenvalue weighted by Crippen LogP contribution is -2.21. The van der Waals surface area contributed by atoms with Gasteiger partial charge in [-0.15, -0.1) is 13.2 Å². The van der Waals surface area contributed by atoms with Crippen LogP contribution in [0.3, 0.4) is 0 Å². The molecule has 0 aromatic rings. The maximum absolute atomic E-state index is 4.11. The lowest BCUT2D eigenvalue weighted by Gasteiger charge is -2.32. The highest BCUT2D eigenvalue weighted by Gasteiger charge is 2.25. The Hall–Kier alpha value is -0.780. The number of allylic oxidation sites excluding steroid dienone is 3. The summed E-state index contributed by atoms with van der Waals surface area (Å²) in [6.45, 7) is 14.0. The van der Waals surface area contributed by atoms with Gasteiger partial charge in [0.25, 0.3) is 0 Å². The van der Waals surface area contributed by atoms with Crippen LogP contribution in [-0.2, 0) is 0 Å². The third kappa shape index (κ3) is 1.69. The summed E-state index contributed by atoms with van der Waals surface area (Å²) in [5.74, 6) is 1.80. The minimum absolute atomic E-state index is 0.511. The van der Waals surface area contributed by atoms with Crippen molar-refractivity contribution < 1.29 is 0 Å². The van der Waals surface area contributed by atoms with E-state index in [0.29, 0.717) is 17.8 Å². The number of hydrogen-bond acceptors (Lipinski definition) is 0. The molecule has 0 heteroatoms. The standard InChI is InChI=1S/C12H18/c1-5-11-7-9(3)10(4)12(6-2)8-11/h5-6,9,11-12H,1-2,4,7-8H2,3H3.